The molecule has 6 heteroatoms. The summed E-state index contributed by atoms with van der Waals surface area (Å²) < 4.78 is 0. The van der Waals surface area contributed by atoms with Gasteiger partial charge >= 0.3 is 0 Å². The van der Waals surface area contributed by atoms with Gasteiger partial charge in [-0.25, -0.2) is 0 Å². The second-order valence-corrected chi connectivity index (χ2v) is 5.74. The summed E-state index contributed by atoms with van der Waals surface area (Å²) in [7, 11) is 0. The number of carbonyl (C=O) groups is 1. The van der Waals surface area contributed by atoms with E-state index in [0.29, 0.717) is 28.0 Å². The van der Waals surface area contributed by atoms with Crippen LogP contribution in [0.15, 0.2) is 48.7 Å². The van der Waals surface area contributed by atoms with Gasteiger partial charge in [-0.05, 0) is 23.8 Å². The van der Waals surface area contributed by atoms with Gasteiger partial charge < -0.3 is 15.5 Å². The lowest BCUT2D eigenvalue weighted by Crippen LogP contribution is -2.23. The number of aromatic hydroxyl groups is 1. The Morgan fingerprint density at radius 1 is 1.17 bits per heavy atom. The van der Waals surface area contributed by atoms with Crippen molar-refractivity contribution in [1.29, 1.82) is 0 Å². The van der Waals surface area contributed by atoms with Crippen molar-refractivity contribution in [2.24, 2.45) is 0 Å². The zero-order chi connectivity index (χ0) is 17.1. The molecule has 1 heterocycles. The molecule has 0 aliphatic heterocycles. The van der Waals surface area contributed by atoms with Crippen LogP contribution in [0.4, 0.5) is 0 Å². The zero-order valence-electron chi connectivity index (χ0n) is 12.7. The molecule has 0 aliphatic carbocycles. The first-order chi connectivity index (χ1) is 11.6. The molecule has 0 aliphatic rings. The molecule has 1 aromatic heterocycles. The maximum absolute atomic E-state index is 12.3. The molecular formula is C18H15ClN2O3. The van der Waals surface area contributed by atoms with Gasteiger partial charge in [0, 0.05) is 28.7 Å². The van der Waals surface area contributed by atoms with Crippen molar-refractivity contribution in [2.45, 2.75) is 13.2 Å². The molecule has 0 fully saturated rings. The number of halogens is 1. The first-order valence-corrected chi connectivity index (χ1v) is 7.71. The summed E-state index contributed by atoms with van der Waals surface area (Å²) in [6.07, 6.45) is 1.31. The molecule has 3 aromatic rings. The fourth-order valence-electron chi connectivity index (χ4n) is 2.44. The van der Waals surface area contributed by atoms with Gasteiger partial charge in [0.1, 0.15) is 11.3 Å². The van der Waals surface area contributed by atoms with Gasteiger partial charge in [0.15, 0.2) is 0 Å². The summed E-state index contributed by atoms with van der Waals surface area (Å²) in [5.41, 5.74) is 2.05. The molecule has 24 heavy (non-hydrogen) atoms. The van der Waals surface area contributed by atoms with Crippen molar-refractivity contribution in [1.82, 2.24) is 10.3 Å². The van der Waals surface area contributed by atoms with Crippen LogP contribution in [-0.2, 0) is 13.2 Å². The zero-order valence-corrected chi connectivity index (χ0v) is 13.4. The van der Waals surface area contributed by atoms with Gasteiger partial charge in [-0.15, -0.1) is 0 Å². The van der Waals surface area contributed by atoms with E-state index in [2.05, 4.69) is 10.3 Å². The van der Waals surface area contributed by atoms with Crippen molar-refractivity contribution in [2.75, 3.05) is 0 Å². The standard InChI is InChI=1S/C18H15ClN2O3/c19-13-6-4-11(5-7-13)8-21-18(24)15-9-20-16-12(10-22)2-1-3-14(16)17(15)23/h1-7,9,22H,8,10H2,(H,20,23)(H,21,24). The third-order valence-corrected chi connectivity index (χ3v) is 3.99. The Balaban J connectivity index is 1.84. The number of aromatic nitrogens is 1. The number of rotatable bonds is 4. The highest BCUT2D eigenvalue weighted by Gasteiger charge is 2.16. The normalized spacial score (nSPS) is 10.8. The van der Waals surface area contributed by atoms with E-state index in [9.17, 15) is 15.0 Å². The van der Waals surface area contributed by atoms with E-state index in [1.165, 1.54) is 6.20 Å². The lowest BCUT2D eigenvalue weighted by Gasteiger charge is -2.10. The molecule has 0 unspecified atom stereocenters. The predicted molar refractivity (Wildman–Crippen MR) is 92.0 cm³/mol. The molecule has 5 nitrogen and oxygen atoms in total. The summed E-state index contributed by atoms with van der Waals surface area (Å²) >= 11 is 5.82. The highest BCUT2D eigenvalue weighted by atomic mass is 35.5. The Labute approximate surface area is 143 Å². The van der Waals surface area contributed by atoms with Crippen molar-refractivity contribution in [3.63, 3.8) is 0 Å². The van der Waals surface area contributed by atoms with E-state index >= 15 is 0 Å². The van der Waals surface area contributed by atoms with E-state index in [1.54, 1.807) is 30.3 Å². The number of hydrogen-bond acceptors (Lipinski definition) is 4. The first kappa shape index (κ1) is 16.2. The minimum atomic E-state index is -0.425. The summed E-state index contributed by atoms with van der Waals surface area (Å²) in [4.78, 5) is 16.5. The number of para-hydroxylation sites is 1. The first-order valence-electron chi connectivity index (χ1n) is 7.33. The number of aliphatic hydroxyl groups is 1. The van der Waals surface area contributed by atoms with Gasteiger partial charge in [-0.1, -0.05) is 35.9 Å². The molecule has 0 atom stereocenters. The maximum Gasteiger partial charge on any atom is 0.256 e. The van der Waals surface area contributed by atoms with Gasteiger partial charge in [0.05, 0.1) is 12.1 Å². The number of nitrogens with zero attached hydrogens (tertiary/aromatic N) is 1. The van der Waals surface area contributed by atoms with E-state index in [1.807, 2.05) is 12.1 Å². The maximum atomic E-state index is 12.3. The fourth-order valence-corrected chi connectivity index (χ4v) is 2.57. The van der Waals surface area contributed by atoms with Crippen LogP contribution in [0.2, 0.25) is 5.02 Å². The van der Waals surface area contributed by atoms with Crippen molar-refractivity contribution in [3.8, 4) is 5.75 Å². The van der Waals surface area contributed by atoms with Gasteiger partial charge in [0.2, 0.25) is 0 Å². The number of pyridine rings is 1. The molecule has 2 aromatic carbocycles. The Hall–Kier alpha value is -2.63. The van der Waals surface area contributed by atoms with E-state index in [4.69, 9.17) is 11.6 Å². The summed E-state index contributed by atoms with van der Waals surface area (Å²) in [5, 5.41) is 23.5. The topological polar surface area (TPSA) is 82.5 Å². The lowest BCUT2D eigenvalue weighted by atomic mass is 10.1. The largest absolute Gasteiger partial charge is 0.506 e. The Morgan fingerprint density at radius 3 is 2.62 bits per heavy atom. The number of aliphatic hydroxyl groups excluding tert-OH is 1. The van der Waals surface area contributed by atoms with Crippen LogP contribution in [-0.4, -0.2) is 21.1 Å². The summed E-state index contributed by atoms with van der Waals surface area (Å²) in [5.74, 6) is -0.574. The highest BCUT2D eigenvalue weighted by Crippen LogP contribution is 2.29. The monoisotopic (exact) mass is 342 g/mol. The summed E-state index contributed by atoms with van der Waals surface area (Å²) in [6, 6.07) is 12.2. The molecule has 0 saturated heterocycles. The molecule has 3 N–H and O–H groups in total. The SMILES string of the molecule is O=C(NCc1ccc(Cl)cc1)c1cnc2c(CO)cccc2c1O. The number of carbonyl (C=O) groups excluding carboxylic acids is 1. The number of nitrogens with one attached hydrogen (secondary N) is 1. The van der Waals surface area contributed by atoms with Gasteiger partial charge in [0.25, 0.3) is 5.91 Å². The van der Waals surface area contributed by atoms with Crippen LogP contribution in [0.25, 0.3) is 10.9 Å². The second kappa shape index (κ2) is 6.86. The van der Waals surface area contributed by atoms with E-state index < -0.39 is 5.91 Å². The molecule has 0 spiro atoms. The Morgan fingerprint density at radius 2 is 1.92 bits per heavy atom. The number of benzene rings is 2. The molecule has 1 amide bonds. The molecule has 0 bridgehead atoms. The molecular weight excluding hydrogens is 328 g/mol. The minimum absolute atomic E-state index is 0.0894. The van der Waals surface area contributed by atoms with Crippen LogP contribution < -0.4 is 5.32 Å². The smallest absolute Gasteiger partial charge is 0.256 e. The van der Waals surface area contributed by atoms with Crippen molar-refractivity contribution < 1.29 is 15.0 Å². The lowest BCUT2D eigenvalue weighted by molar-refractivity contribution is 0.0948. The van der Waals surface area contributed by atoms with Gasteiger partial charge in [-0.3, -0.25) is 9.78 Å². The van der Waals surface area contributed by atoms with Crippen LogP contribution >= 0.6 is 11.6 Å². The van der Waals surface area contributed by atoms with Crippen molar-refractivity contribution >= 4 is 28.4 Å². The number of fused-ring (bicyclic) bond motifs is 1. The van der Waals surface area contributed by atoms with E-state index in [0.717, 1.165) is 5.56 Å². The molecule has 122 valence electrons. The highest BCUT2D eigenvalue weighted by molar-refractivity contribution is 6.30. The minimum Gasteiger partial charge on any atom is -0.506 e. The average molecular weight is 343 g/mol. The predicted octanol–water partition coefficient (Wildman–Crippen LogP) is 3.02. The molecule has 0 radical (unpaired) electrons. The van der Waals surface area contributed by atoms with Gasteiger partial charge in [-0.2, -0.15) is 0 Å². The quantitative estimate of drug-likeness (QED) is 0.680. The molecule has 3 rings (SSSR count). The third kappa shape index (κ3) is 3.18. The Kier molecular flexibility index (Phi) is 4.64. The molecule has 0 saturated carbocycles. The summed E-state index contributed by atoms with van der Waals surface area (Å²) in [6.45, 7) is 0.121. The third-order valence-electron chi connectivity index (χ3n) is 3.73. The Bertz CT molecular complexity index is 895. The van der Waals surface area contributed by atoms with Crippen LogP contribution in [0.5, 0.6) is 5.75 Å². The fraction of sp³-hybridized carbons (Fsp3) is 0.111. The average Bonchev–Trinajstić information content (AvgIpc) is 2.61. The second-order valence-electron chi connectivity index (χ2n) is 5.30. The number of hydrogen-bond donors (Lipinski definition) is 3. The van der Waals surface area contributed by atoms with Crippen LogP contribution in [0, 0.1) is 0 Å². The van der Waals surface area contributed by atoms with Crippen LogP contribution in [0.3, 0.4) is 0 Å². The number of amides is 1. The van der Waals surface area contributed by atoms with Crippen LogP contribution in [0.1, 0.15) is 21.5 Å². The van der Waals surface area contributed by atoms with Crippen molar-refractivity contribution in [3.05, 3.63) is 70.4 Å². The van der Waals surface area contributed by atoms with E-state index in [-0.39, 0.29) is 17.9 Å².